The molecule has 4 heteroatoms. The molecule has 0 saturated carbocycles. The first-order valence-electron chi connectivity index (χ1n) is 12.4. The zero-order valence-corrected chi connectivity index (χ0v) is 20.3. The summed E-state index contributed by atoms with van der Waals surface area (Å²) >= 11 is 0. The molecular formula is C31H34N2O2+2. The molecule has 5 rings (SSSR count). The number of hydrogen-bond donors (Lipinski definition) is 2. The fourth-order valence-electron chi connectivity index (χ4n) is 5.19. The molecule has 1 aliphatic heterocycles. The van der Waals surface area contributed by atoms with E-state index >= 15 is 0 Å². The molecule has 2 unspecified atom stereocenters. The van der Waals surface area contributed by atoms with Crippen LogP contribution < -0.4 is 19.3 Å². The Balaban J connectivity index is 1.40. The van der Waals surface area contributed by atoms with Crippen molar-refractivity contribution in [3.05, 3.63) is 131 Å². The maximum Gasteiger partial charge on any atom is 0.241 e. The van der Waals surface area contributed by atoms with Gasteiger partial charge in [-0.15, -0.1) is 0 Å². The molecule has 0 radical (unpaired) electrons. The van der Waals surface area contributed by atoms with Crippen LogP contribution in [0.2, 0.25) is 0 Å². The molecule has 4 aromatic rings. The Labute approximate surface area is 208 Å². The van der Waals surface area contributed by atoms with E-state index in [1.165, 1.54) is 16.7 Å². The molecule has 0 aliphatic carbocycles. The normalized spacial score (nSPS) is 19.4. The number of quaternary nitrogens is 2. The number of ether oxygens (including phenoxy) is 2. The number of benzene rings is 4. The fourth-order valence-corrected chi connectivity index (χ4v) is 5.19. The number of hydrogen-bond acceptors (Lipinski definition) is 2. The van der Waals surface area contributed by atoms with E-state index in [1.54, 1.807) is 16.9 Å². The van der Waals surface area contributed by atoms with Gasteiger partial charge in [0.2, 0.25) is 6.17 Å². The van der Waals surface area contributed by atoms with Crippen LogP contribution >= 0.6 is 0 Å². The van der Waals surface area contributed by atoms with Crippen molar-refractivity contribution in [1.82, 2.24) is 0 Å². The predicted octanol–water partition coefficient (Wildman–Crippen LogP) is 3.46. The zero-order valence-electron chi connectivity index (χ0n) is 20.3. The van der Waals surface area contributed by atoms with Crippen LogP contribution in [0, 0.1) is 0 Å². The van der Waals surface area contributed by atoms with Gasteiger partial charge in [0.1, 0.15) is 32.8 Å². The van der Waals surface area contributed by atoms with Crippen LogP contribution in [0.15, 0.2) is 109 Å². The number of methoxy groups -OCH3 is 1. The molecule has 0 bridgehead atoms. The van der Waals surface area contributed by atoms with Crippen LogP contribution in [-0.4, -0.2) is 20.2 Å². The topological polar surface area (TPSA) is 27.3 Å². The Morgan fingerprint density at radius 1 is 0.629 bits per heavy atom. The van der Waals surface area contributed by atoms with E-state index in [-0.39, 0.29) is 0 Å². The third-order valence-corrected chi connectivity index (χ3v) is 6.89. The van der Waals surface area contributed by atoms with Gasteiger partial charge in [-0.25, -0.2) is 0 Å². The fraction of sp³-hybridized carbons (Fsp3) is 0.226. The van der Waals surface area contributed by atoms with Gasteiger partial charge in [0.15, 0.2) is 11.5 Å². The van der Waals surface area contributed by atoms with Crippen LogP contribution in [0.25, 0.3) is 0 Å². The molecule has 2 atom stereocenters. The van der Waals surface area contributed by atoms with E-state index in [0.717, 1.165) is 43.2 Å². The van der Waals surface area contributed by atoms with Crippen LogP contribution in [-0.2, 0) is 19.7 Å². The van der Waals surface area contributed by atoms with Crippen molar-refractivity contribution in [2.45, 2.75) is 25.9 Å². The second-order valence-corrected chi connectivity index (χ2v) is 9.26. The van der Waals surface area contributed by atoms with Crippen molar-refractivity contribution in [3.63, 3.8) is 0 Å². The highest BCUT2D eigenvalue weighted by Crippen LogP contribution is 2.30. The molecule has 1 aliphatic rings. The molecule has 0 spiro atoms. The highest BCUT2D eigenvalue weighted by atomic mass is 16.5. The van der Waals surface area contributed by atoms with Crippen molar-refractivity contribution in [2.24, 2.45) is 0 Å². The quantitative estimate of drug-likeness (QED) is 0.395. The SMILES string of the molecule is COc1cc(C2[NH+](Cc3ccccc3)CC[NH+]2Cc2ccccc2)ccc1OCc1ccccc1. The molecule has 4 aromatic carbocycles. The minimum atomic E-state index is 0.326. The van der Waals surface area contributed by atoms with E-state index in [1.807, 2.05) is 18.2 Å². The predicted molar refractivity (Wildman–Crippen MR) is 138 cm³/mol. The lowest BCUT2D eigenvalue weighted by Gasteiger charge is -2.25. The van der Waals surface area contributed by atoms with Gasteiger partial charge in [-0.05, 0) is 23.8 Å². The van der Waals surface area contributed by atoms with E-state index in [0.29, 0.717) is 12.8 Å². The van der Waals surface area contributed by atoms with Gasteiger partial charge in [0.25, 0.3) is 0 Å². The van der Waals surface area contributed by atoms with E-state index in [4.69, 9.17) is 9.47 Å². The minimum Gasteiger partial charge on any atom is -0.493 e. The summed E-state index contributed by atoms with van der Waals surface area (Å²) in [5.74, 6) is 1.58. The first-order valence-corrected chi connectivity index (χ1v) is 12.4. The summed E-state index contributed by atoms with van der Waals surface area (Å²) in [6, 6.07) is 38.4. The van der Waals surface area contributed by atoms with E-state index in [2.05, 4.69) is 91.0 Å². The summed E-state index contributed by atoms with van der Waals surface area (Å²) in [6.45, 7) is 4.82. The lowest BCUT2D eigenvalue weighted by molar-refractivity contribution is -1.09. The third kappa shape index (κ3) is 5.73. The van der Waals surface area contributed by atoms with Crippen LogP contribution in [0.5, 0.6) is 11.5 Å². The first kappa shape index (κ1) is 23.2. The van der Waals surface area contributed by atoms with Crippen molar-refractivity contribution in [3.8, 4) is 11.5 Å². The summed E-state index contributed by atoms with van der Waals surface area (Å²) in [5.41, 5.74) is 5.20. The van der Waals surface area contributed by atoms with E-state index in [9.17, 15) is 0 Å². The second-order valence-electron chi connectivity index (χ2n) is 9.26. The molecule has 1 heterocycles. The average molecular weight is 467 g/mol. The van der Waals surface area contributed by atoms with Gasteiger partial charge in [0.05, 0.1) is 12.7 Å². The van der Waals surface area contributed by atoms with Crippen LogP contribution in [0.1, 0.15) is 28.4 Å². The summed E-state index contributed by atoms with van der Waals surface area (Å²) in [4.78, 5) is 3.17. The third-order valence-electron chi connectivity index (χ3n) is 6.89. The Kier molecular flexibility index (Phi) is 7.42. The molecule has 0 aromatic heterocycles. The molecule has 1 fully saturated rings. The molecular weight excluding hydrogens is 432 g/mol. The van der Waals surface area contributed by atoms with Crippen molar-refractivity contribution in [1.29, 1.82) is 0 Å². The summed E-state index contributed by atoms with van der Waals surface area (Å²) in [6.07, 6.45) is 0.326. The molecule has 178 valence electrons. The lowest BCUT2D eigenvalue weighted by atomic mass is 10.1. The first-order chi connectivity index (χ1) is 17.3. The molecule has 4 nitrogen and oxygen atoms in total. The lowest BCUT2D eigenvalue weighted by Crippen LogP contribution is -3.22. The Bertz CT molecular complexity index is 1150. The maximum atomic E-state index is 6.14. The van der Waals surface area contributed by atoms with Crippen molar-refractivity contribution < 1.29 is 19.3 Å². The smallest absolute Gasteiger partial charge is 0.241 e. The van der Waals surface area contributed by atoms with Gasteiger partial charge in [0, 0.05) is 11.1 Å². The monoisotopic (exact) mass is 466 g/mol. The van der Waals surface area contributed by atoms with Gasteiger partial charge < -0.3 is 9.47 Å². The van der Waals surface area contributed by atoms with Gasteiger partial charge in [-0.1, -0.05) is 91.0 Å². The molecule has 1 saturated heterocycles. The number of nitrogens with one attached hydrogen (secondary N) is 2. The minimum absolute atomic E-state index is 0.326. The van der Waals surface area contributed by atoms with Crippen molar-refractivity contribution in [2.75, 3.05) is 20.2 Å². The summed E-state index contributed by atoms with van der Waals surface area (Å²) in [7, 11) is 1.73. The zero-order chi connectivity index (χ0) is 23.9. The highest BCUT2D eigenvalue weighted by molar-refractivity contribution is 5.43. The number of rotatable bonds is 9. The van der Waals surface area contributed by atoms with Crippen molar-refractivity contribution >= 4 is 0 Å². The molecule has 35 heavy (non-hydrogen) atoms. The maximum absolute atomic E-state index is 6.14. The Hall–Kier alpha value is -3.60. The second kappa shape index (κ2) is 11.2. The van der Waals surface area contributed by atoms with Gasteiger partial charge in [-0.2, -0.15) is 0 Å². The average Bonchev–Trinajstić information content (AvgIpc) is 3.30. The van der Waals surface area contributed by atoms with Crippen LogP contribution in [0.3, 0.4) is 0 Å². The Morgan fingerprint density at radius 2 is 1.14 bits per heavy atom. The Morgan fingerprint density at radius 3 is 1.66 bits per heavy atom. The van der Waals surface area contributed by atoms with Gasteiger partial charge in [-0.3, -0.25) is 9.80 Å². The standard InChI is InChI=1S/C31H32N2O2/c1-34-30-21-28(17-18-29(30)35-24-27-15-9-4-10-16-27)31-32(22-25-11-5-2-6-12-25)19-20-33(31)23-26-13-7-3-8-14-26/h2-18,21,31H,19-20,22-24H2,1H3/p+2. The summed E-state index contributed by atoms with van der Waals surface area (Å²) in [5, 5.41) is 0. The molecule has 0 amide bonds. The highest BCUT2D eigenvalue weighted by Gasteiger charge is 2.41. The van der Waals surface area contributed by atoms with E-state index < -0.39 is 0 Å². The largest absolute Gasteiger partial charge is 0.493 e. The van der Waals surface area contributed by atoms with Gasteiger partial charge >= 0.3 is 0 Å². The van der Waals surface area contributed by atoms with Crippen LogP contribution in [0.4, 0.5) is 0 Å². The summed E-state index contributed by atoms with van der Waals surface area (Å²) < 4.78 is 11.9. The molecule has 2 N–H and O–H groups in total.